The molecule has 1 aliphatic rings. The smallest absolute Gasteiger partial charge is 0.274 e. The number of methoxy groups -OCH3 is 1. The Morgan fingerprint density at radius 1 is 0.939 bits per heavy atom. The molecule has 11 heteroatoms. The van der Waals surface area contributed by atoms with Crippen molar-refractivity contribution in [2.24, 2.45) is 5.92 Å². The molecule has 3 aromatic heterocycles. The molecule has 6 aromatic rings. The van der Waals surface area contributed by atoms with E-state index < -0.39 is 11.7 Å². The molecule has 0 atom stereocenters. The number of carbonyl (C=O) groups excluding carboxylic acids is 1. The second-order valence-corrected chi connectivity index (χ2v) is 12.3. The summed E-state index contributed by atoms with van der Waals surface area (Å²) in [6.45, 7) is 6.15. The molecule has 250 valence electrons. The Morgan fingerprint density at radius 3 is 2.57 bits per heavy atom. The summed E-state index contributed by atoms with van der Waals surface area (Å²) in [6, 6.07) is 22.5. The number of hydrogen-bond acceptors (Lipinski definition) is 8. The third-order valence-corrected chi connectivity index (χ3v) is 8.81. The maximum Gasteiger partial charge on any atom is 0.274 e. The number of halogens is 1. The van der Waals surface area contributed by atoms with Gasteiger partial charge in [0.05, 0.1) is 31.1 Å². The molecule has 1 aliphatic heterocycles. The summed E-state index contributed by atoms with van der Waals surface area (Å²) in [5.41, 5.74) is 3.15. The predicted molar refractivity (Wildman–Crippen MR) is 186 cm³/mol. The van der Waals surface area contributed by atoms with Crippen LogP contribution in [0, 0.1) is 11.7 Å². The number of ether oxygens (including phenoxy) is 3. The van der Waals surface area contributed by atoms with Crippen LogP contribution in [0.4, 0.5) is 10.1 Å². The molecule has 4 heterocycles. The van der Waals surface area contributed by atoms with Gasteiger partial charge in [0.2, 0.25) is 0 Å². The van der Waals surface area contributed by atoms with Crippen molar-refractivity contribution >= 4 is 28.1 Å². The SMILES string of the molecule is COc1cc2c(Oc3ccc(NC(=O)c4cc(-c5ccccc5)n5nccc5n4)cc3F)ccnc2cc1OCCCN1CCC(C)CC1. The molecule has 1 fully saturated rings. The van der Waals surface area contributed by atoms with E-state index in [4.69, 9.17) is 14.2 Å². The number of pyridine rings is 1. The summed E-state index contributed by atoms with van der Waals surface area (Å²) in [4.78, 5) is 24.7. The lowest BCUT2D eigenvalue weighted by atomic mass is 9.99. The lowest BCUT2D eigenvalue weighted by Gasteiger charge is -2.30. The second-order valence-electron chi connectivity index (χ2n) is 12.3. The molecule has 0 spiro atoms. The van der Waals surface area contributed by atoms with Crippen LogP contribution in [0.2, 0.25) is 0 Å². The van der Waals surface area contributed by atoms with Gasteiger partial charge in [-0.3, -0.25) is 9.78 Å². The third kappa shape index (κ3) is 7.17. The minimum Gasteiger partial charge on any atom is -0.493 e. The summed E-state index contributed by atoms with van der Waals surface area (Å²) < 4.78 is 34.9. The number of nitrogens with zero attached hydrogens (tertiary/aromatic N) is 5. The first-order chi connectivity index (χ1) is 23.9. The minimum atomic E-state index is -0.651. The number of carbonyl (C=O) groups is 1. The number of likely N-dealkylation sites (tertiary alicyclic amines) is 1. The van der Waals surface area contributed by atoms with Crippen LogP contribution >= 0.6 is 0 Å². The molecule has 0 saturated carbocycles. The van der Waals surface area contributed by atoms with Gasteiger partial charge in [-0.2, -0.15) is 5.10 Å². The van der Waals surface area contributed by atoms with Crippen molar-refractivity contribution in [3.8, 4) is 34.3 Å². The average molecular weight is 661 g/mol. The highest BCUT2D eigenvalue weighted by molar-refractivity contribution is 6.03. The van der Waals surface area contributed by atoms with E-state index in [1.54, 1.807) is 54.4 Å². The molecule has 1 N–H and O–H groups in total. The Hall–Kier alpha value is -5.55. The Morgan fingerprint density at radius 2 is 1.78 bits per heavy atom. The van der Waals surface area contributed by atoms with Crippen molar-refractivity contribution in [2.45, 2.75) is 26.2 Å². The zero-order valence-corrected chi connectivity index (χ0v) is 27.4. The van der Waals surface area contributed by atoms with E-state index in [1.807, 2.05) is 36.4 Å². The van der Waals surface area contributed by atoms with E-state index in [0.717, 1.165) is 37.5 Å². The largest absolute Gasteiger partial charge is 0.493 e. The van der Waals surface area contributed by atoms with Crippen molar-refractivity contribution < 1.29 is 23.4 Å². The molecule has 7 rings (SSSR count). The maximum absolute atomic E-state index is 15.4. The first kappa shape index (κ1) is 32.0. The van der Waals surface area contributed by atoms with Crippen LogP contribution in [-0.2, 0) is 0 Å². The van der Waals surface area contributed by atoms with Crippen molar-refractivity contribution in [1.29, 1.82) is 0 Å². The monoisotopic (exact) mass is 660 g/mol. The fourth-order valence-corrected chi connectivity index (χ4v) is 6.06. The molecule has 0 bridgehead atoms. The summed E-state index contributed by atoms with van der Waals surface area (Å²) in [7, 11) is 1.58. The van der Waals surface area contributed by atoms with Crippen LogP contribution in [0.15, 0.2) is 91.3 Å². The molecule has 3 aromatic carbocycles. The molecule has 1 amide bonds. The van der Waals surface area contributed by atoms with Crippen molar-refractivity contribution in [3.05, 3.63) is 103 Å². The quantitative estimate of drug-likeness (QED) is 0.142. The highest BCUT2D eigenvalue weighted by Gasteiger charge is 2.18. The van der Waals surface area contributed by atoms with Crippen LogP contribution in [-0.4, -0.2) is 63.7 Å². The number of hydrogen-bond donors (Lipinski definition) is 1. The second kappa shape index (κ2) is 14.3. The first-order valence-corrected chi connectivity index (χ1v) is 16.5. The number of nitrogens with one attached hydrogen (secondary N) is 1. The van der Waals surface area contributed by atoms with Gasteiger partial charge in [-0.05, 0) is 68.6 Å². The number of rotatable bonds is 11. The van der Waals surface area contributed by atoms with Gasteiger partial charge in [0.25, 0.3) is 5.91 Å². The molecule has 0 unspecified atom stereocenters. The van der Waals surface area contributed by atoms with Crippen LogP contribution in [0.5, 0.6) is 23.0 Å². The number of anilines is 1. The molecule has 49 heavy (non-hydrogen) atoms. The van der Waals surface area contributed by atoms with Gasteiger partial charge < -0.3 is 24.4 Å². The number of fused-ring (bicyclic) bond motifs is 2. The van der Waals surface area contributed by atoms with E-state index in [9.17, 15) is 4.79 Å². The van der Waals surface area contributed by atoms with Crippen molar-refractivity contribution in [2.75, 3.05) is 38.7 Å². The molecular formula is C38H37FN6O4. The van der Waals surface area contributed by atoms with Gasteiger partial charge in [-0.1, -0.05) is 37.3 Å². The summed E-state index contributed by atoms with van der Waals surface area (Å²) >= 11 is 0. The Balaban J connectivity index is 1.04. The fourth-order valence-electron chi connectivity index (χ4n) is 6.06. The topological polar surface area (TPSA) is 103 Å². The van der Waals surface area contributed by atoms with Gasteiger partial charge in [0.1, 0.15) is 11.4 Å². The van der Waals surface area contributed by atoms with E-state index in [0.29, 0.717) is 46.1 Å². The van der Waals surface area contributed by atoms with Gasteiger partial charge >= 0.3 is 0 Å². The predicted octanol–water partition coefficient (Wildman–Crippen LogP) is 7.64. The van der Waals surface area contributed by atoms with Crippen LogP contribution in [0.3, 0.4) is 0 Å². The third-order valence-electron chi connectivity index (χ3n) is 8.81. The fraction of sp³-hybridized carbons (Fsp3) is 0.263. The summed E-state index contributed by atoms with van der Waals surface area (Å²) in [6.07, 6.45) is 6.63. The average Bonchev–Trinajstić information content (AvgIpc) is 3.61. The Bertz CT molecular complexity index is 2100. The van der Waals surface area contributed by atoms with E-state index in [2.05, 4.69) is 32.2 Å². The molecule has 0 aliphatic carbocycles. The lowest BCUT2D eigenvalue weighted by molar-refractivity contribution is 0.102. The van der Waals surface area contributed by atoms with Crippen molar-refractivity contribution in [3.63, 3.8) is 0 Å². The van der Waals surface area contributed by atoms with Gasteiger partial charge in [-0.15, -0.1) is 0 Å². The number of piperidine rings is 1. The normalized spacial score (nSPS) is 13.9. The highest BCUT2D eigenvalue weighted by Crippen LogP contribution is 2.38. The van der Waals surface area contributed by atoms with Crippen LogP contribution in [0.25, 0.3) is 27.8 Å². The van der Waals surface area contributed by atoms with E-state index in [-0.39, 0.29) is 17.1 Å². The first-order valence-electron chi connectivity index (χ1n) is 16.5. The van der Waals surface area contributed by atoms with Gasteiger partial charge in [0.15, 0.2) is 28.7 Å². The number of aromatic nitrogens is 4. The standard InChI is InChI=1S/C38H37FN6O4/c1-25-13-18-44(19-14-25)17-6-20-48-36-24-30-28(22-35(36)47-2)33(11-15-40-30)49-34-10-9-27(21-29(34)39)42-38(46)31-23-32(26-7-4-3-5-8-26)45-37(43-31)12-16-41-45/h3-5,7-12,15-16,21-25H,6,13-14,17-20H2,1-2H3,(H,42,46). The Kier molecular flexibility index (Phi) is 9.34. The summed E-state index contributed by atoms with van der Waals surface area (Å²) in [5.74, 6) is 1.19. The highest BCUT2D eigenvalue weighted by atomic mass is 19.1. The molecule has 0 radical (unpaired) electrons. The molecular weight excluding hydrogens is 623 g/mol. The van der Waals surface area contributed by atoms with Crippen molar-refractivity contribution in [1.82, 2.24) is 24.5 Å². The maximum atomic E-state index is 15.4. The lowest BCUT2D eigenvalue weighted by Crippen LogP contribution is -2.34. The zero-order chi connectivity index (χ0) is 33.7. The minimum absolute atomic E-state index is 0.0120. The molecule has 10 nitrogen and oxygen atoms in total. The molecule has 1 saturated heterocycles. The van der Waals surface area contributed by atoms with Gasteiger partial charge in [-0.25, -0.2) is 13.9 Å². The zero-order valence-electron chi connectivity index (χ0n) is 27.4. The Labute approximate surface area is 283 Å². The van der Waals surface area contributed by atoms with Gasteiger partial charge in [0, 0.05) is 47.6 Å². The van der Waals surface area contributed by atoms with E-state index >= 15 is 4.39 Å². The van der Waals surface area contributed by atoms with E-state index in [1.165, 1.54) is 25.0 Å². The number of benzene rings is 3. The summed E-state index contributed by atoms with van der Waals surface area (Å²) in [5, 5.41) is 7.73. The van der Waals surface area contributed by atoms with Crippen LogP contribution < -0.4 is 19.5 Å². The van der Waals surface area contributed by atoms with Crippen LogP contribution in [0.1, 0.15) is 36.7 Å². The number of amides is 1.